The van der Waals surface area contributed by atoms with Crippen LogP contribution in [0.5, 0.6) is 0 Å². The first-order chi connectivity index (χ1) is 15.6. The molecule has 0 saturated carbocycles. The maximum Gasteiger partial charge on any atom is 0.227 e. The van der Waals surface area contributed by atoms with Crippen LogP contribution in [0.25, 0.3) is 10.9 Å². The van der Waals surface area contributed by atoms with Gasteiger partial charge in [0.1, 0.15) is 5.82 Å². The summed E-state index contributed by atoms with van der Waals surface area (Å²) in [5.74, 6) is 1.52. The smallest absolute Gasteiger partial charge is 0.227 e. The molecule has 3 rings (SSSR count). The lowest BCUT2D eigenvalue weighted by Crippen LogP contribution is -2.27. The number of aromatic nitrogens is 2. The van der Waals surface area contributed by atoms with Gasteiger partial charge in [-0.2, -0.15) is 4.98 Å². The van der Waals surface area contributed by atoms with E-state index in [4.69, 9.17) is 9.97 Å². The molecule has 0 saturated heterocycles. The molecule has 1 aromatic heterocycles. The van der Waals surface area contributed by atoms with E-state index in [2.05, 4.69) is 48.1 Å². The third-order valence-electron chi connectivity index (χ3n) is 5.62. The molecule has 1 amide bonds. The van der Waals surface area contributed by atoms with E-state index in [1.165, 1.54) is 0 Å². The second kappa shape index (κ2) is 11.4. The van der Waals surface area contributed by atoms with Crippen molar-refractivity contribution in [1.82, 2.24) is 14.9 Å². The Morgan fingerprint density at radius 2 is 1.50 bits per heavy atom. The lowest BCUT2D eigenvalue weighted by molar-refractivity contribution is -0.116. The summed E-state index contributed by atoms with van der Waals surface area (Å²) in [6.45, 7) is 12.8. The Morgan fingerprint density at radius 1 is 0.844 bits per heavy atom. The van der Waals surface area contributed by atoms with Gasteiger partial charge in [0, 0.05) is 42.8 Å². The Bertz CT molecular complexity index is 1010. The molecule has 1 heterocycles. The highest BCUT2D eigenvalue weighted by Gasteiger charge is 2.12. The molecule has 170 valence electrons. The molecular formula is C25H34N6O. The van der Waals surface area contributed by atoms with Crippen molar-refractivity contribution in [1.29, 1.82) is 0 Å². The van der Waals surface area contributed by atoms with Crippen molar-refractivity contribution in [3.05, 3.63) is 48.5 Å². The van der Waals surface area contributed by atoms with Crippen LogP contribution in [0.2, 0.25) is 0 Å². The summed E-state index contributed by atoms with van der Waals surface area (Å²) in [6.07, 6.45) is 0.489. The number of carbonyl (C=O) groups is 1. The predicted molar refractivity (Wildman–Crippen MR) is 134 cm³/mol. The van der Waals surface area contributed by atoms with E-state index in [0.717, 1.165) is 60.8 Å². The van der Waals surface area contributed by atoms with Crippen LogP contribution in [0.4, 0.5) is 23.1 Å². The molecule has 3 aromatic rings. The number of nitrogens with zero attached hydrogens (tertiary/aromatic N) is 4. The highest BCUT2D eigenvalue weighted by atomic mass is 16.1. The summed E-state index contributed by atoms with van der Waals surface area (Å²) in [5, 5.41) is 7.38. The van der Waals surface area contributed by atoms with Gasteiger partial charge in [-0.15, -0.1) is 0 Å². The molecule has 0 bridgehead atoms. The fraction of sp³-hybridized carbons (Fsp3) is 0.400. The minimum Gasteiger partial charge on any atom is -0.341 e. The molecule has 0 radical (unpaired) electrons. The summed E-state index contributed by atoms with van der Waals surface area (Å²) in [7, 11) is 0. The Morgan fingerprint density at radius 3 is 2.16 bits per heavy atom. The minimum absolute atomic E-state index is 0.0308. The normalized spacial score (nSPS) is 11.0. The quantitative estimate of drug-likeness (QED) is 0.448. The summed E-state index contributed by atoms with van der Waals surface area (Å²) < 4.78 is 0. The van der Waals surface area contributed by atoms with E-state index in [9.17, 15) is 4.79 Å². The standard InChI is InChI=1S/C25H34N6O/c1-5-30(6-2)18-17-23(32)26-19-13-15-20(16-14-19)27-24-21-11-9-10-12-22(21)28-25(29-24)31(7-3)8-4/h9-16H,5-8,17-18H2,1-4H3,(H,26,32)(H,27,28,29). The number of benzene rings is 2. The number of para-hydroxylation sites is 1. The van der Waals surface area contributed by atoms with Gasteiger partial charge in [-0.25, -0.2) is 4.98 Å². The summed E-state index contributed by atoms with van der Waals surface area (Å²) in [6, 6.07) is 15.7. The minimum atomic E-state index is 0.0308. The van der Waals surface area contributed by atoms with Gasteiger partial charge in [-0.05, 0) is 63.3 Å². The van der Waals surface area contributed by atoms with E-state index in [0.29, 0.717) is 12.4 Å². The van der Waals surface area contributed by atoms with Gasteiger partial charge in [0.2, 0.25) is 11.9 Å². The third kappa shape index (κ3) is 5.95. The first-order valence-corrected chi connectivity index (χ1v) is 11.5. The second-order valence-corrected chi connectivity index (χ2v) is 7.59. The molecule has 2 aromatic carbocycles. The zero-order valence-electron chi connectivity index (χ0n) is 19.6. The fourth-order valence-corrected chi connectivity index (χ4v) is 3.60. The van der Waals surface area contributed by atoms with Crippen molar-refractivity contribution in [3.8, 4) is 0 Å². The van der Waals surface area contributed by atoms with Crippen LogP contribution in [0.3, 0.4) is 0 Å². The molecule has 0 aliphatic heterocycles. The second-order valence-electron chi connectivity index (χ2n) is 7.59. The molecule has 0 aliphatic rings. The van der Waals surface area contributed by atoms with Crippen molar-refractivity contribution >= 4 is 40.0 Å². The van der Waals surface area contributed by atoms with Gasteiger partial charge < -0.3 is 20.4 Å². The summed E-state index contributed by atoms with van der Waals surface area (Å²) in [4.78, 5) is 26.2. The van der Waals surface area contributed by atoms with Gasteiger partial charge in [-0.1, -0.05) is 26.0 Å². The fourth-order valence-electron chi connectivity index (χ4n) is 3.60. The molecule has 32 heavy (non-hydrogen) atoms. The van der Waals surface area contributed by atoms with Gasteiger partial charge >= 0.3 is 0 Å². The Hall–Kier alpha value is -3.19. The largest absolute Gasteiger partial charge is 0.341 e. The van der Waals surface area contributed by atoms with Gasteiger partial charge in [0.25, 0.3) is 0 Å². The zero-order chi connectivity index (χ0) is 22.9. The number of anilines is 4. The first-order valence-electron chi connectivity index (χ1n) is 11.5. The van der Waals surface area contributed by atoms with E-state index < -0.39 is 0 Å². The zero-order valence-corrected chi connectivity index (χ0v) is 19.6. The van der Waals surface area contributed by atoms with Crippen LogP contribution in [0.15, 0.2) is 48.5 Å². The highest BCUT2D eigenvalue weighted by molar-refractivity contribution is 5.93. The molecule has 0 unspecified atom stereocenters. The van der Waals surface area contributed by atoms with Gasteiger partial charge in [0.15, 0.2) is 0 Å². The van der Waals surface area contributed by atoms with E-state index >= 15 is 0 Å². The monoisotopic (exact) mass is 434 g/mol. The van der Waals surface area contributed by atoms with E-state index in [1.807, 2.05) is 48.5 Å². The number of carbonyl (C=O) groups excluding carboxylic acids is 1. The van der Waals surface area contributed by atoms with Crippen LogP contribution >= 0.6 is 0 Å². The topological polar surface area (TPSA) is 73.4 Å². The van der Waals surface area contributed by atoms with Crippen molar-refractivity contribution in [2.24, 2.45) is 0 Å². The molecule has 0 atom stereocenters. The van der Waals surface area contributed by atoms with Crippen molar-refractivity contribution in [3.63, 3.8) is 0 Å². The SMILES string of the molecule is CCN(CC)CCC(=O)Nc1ccc(Nc2nc(N(CC)CC)nc3ccccc23)cc1. The summed E-state index contributed by atoms with van der Waals surface area (Å²) in [5.41, 5.74) is 2.60. The van der Waals surface area contributed by atoms with Crippen molar-refractivity contribution in [2.75, 3.05) is 48.3 Å². The number of hydrogen-bond acceptors (Lipinski definition) is 6. The van der Waals surface area contributed by atoms with Crippen LogP contribution in [-0.2, 0) is 4.79 Å². The molecule has 0 spiro atoms. The predicted octanol–water partition coefficient (Wildman–Crippen LogP) is 4.89. The lowest BCUT2D eigenvalue weighted by atomic mass is 10.2. The van der Waals surface area contributed by atoms with Crippen molar-refractivity contribution in [2.45, 2.75) is 34.1 Å². The number of nitrogens with one attached hydrogen (secondary N) is 2. The third-order valence-corrected chi connectivity index (χ3v) is 5.62. The Kier molecular flexibility index (Phi) is 8.39. The number of rotatable bonds is 11. The Balaban J connectivity index is 1.73. The molecule has 7 nitrogen and oxygen atoms in total. The van der Waals surface area contributed by atoms with Gasteiger partial charge in [0.05, 0.1) is 5.52 Å². The average molecular weight is 435 g/mol. The molecule has 0 aliphatic carbocycles. The molecule has 0 fully saturated rings. The van der Waals surface area contributed by atoms with Crippen LogP contribution < -0.4 is 15.5 Å². The summed E-state index contributed by atoms with van der Waals surface area (Å²) >= 11 is 0. The maximum atomic E-state index is 12.3. The molecular weight excluding hydrogens is 400 g/mol. The van der Waals surface area contributed by atoms with Crippen LogP contribution in [-0.4, -0.2) is 53.5 Å². The number of hydrogen-bond donors (Lipinski definition) is 2. The van der Waals surface area contributed by atoms with E-state index in [-0.39, 0.29) is 5.91 Å². The lowest BCUT2D eigenvalue weighted by Gasteiger charge is -2.20. The highest BCUT2D eigenvalue weighted by Crippen LogP contribution is 2.27. The molecule has 7 heteroatoms. The Labute approximate surface area is 190 Å². The maximum absolute atomic E-state index is 12.3. The first kappa shape index (κ1) is 23.5. The van der Waals surface area contributed by atoms with Crippen LogP contribution in [0.1, 0.15) is 34.1 Å². The number of amides is 1. The van der Waals surface area contributed by atoms with Crippen molar-refractivity contribution < 1.29 is 4.79 Å². The van der Waals surface area contributed by atoms with E-state index in [1.54, 1.807) is 0 Å². The average Bonchev–Trinajstić information content (AvgIpc) is 2.82. The molecule has 2 N–H and O–H groups in total. The number of fused-ring (bicyclic) bond motifs is 1. The van der Waals surface area contributed by atoms with Gasteiger partial charge in [-0.3, -0.25) is 4.79 Å². The van der Waals surface area contributed by atoms with Crippen LogP contribution in [0, 0.1) is 0 Å².